The van der Waals surface area contributed by atoms with Gasteiger partial charge in [0.05, 0.1) is 15.5 Å². The van der Waals surface area contributed by atoms with Crippen LogP contribution < -0.4 is 5.32 Å². The number of halogens is 2. The summed E-state index contributed by atoms with van der Waals surface area (Å²) in [6.07, 6.45) is 1.56. The number of nitrogens with zero attached hydrogens (tertiary/aromatic N) is 1. The first-order chi connectivity index (χ1) is 7.06. The first-order valence-electron chi connectivity index (χ1n) is 4.04. The van der Waals surface area contributed by atoms with E-state index in [9.17, 15) is 14.5 Å². The van der Waals surface area contributed by atoms with Gasteiger partial charge >= 0.3 is 0 Å². The van der Waals surface area contributed by atoms with Crippen LogP contribution in [0.15, 0.2) is 29.3 Å². The minimum absolute atomic E-state index is 0.180. The molecule has 0 bridgehead atoms. The van der Waals surface area contributed by atoms with Crippen LogP contribution in [-0.2, 0) is 0 Å². The van der Waals surface area contributed by atoms with Crippen LogP contribution in [0.1, 0.15) is 0 Å². The summed E-state index contributed by atoms with van der Waals surface area (Å²) in [7, 11) is 0. The predicted octanol–water partition coefficient (Wildman–Crippen LogP) is 3.09. The maximum Gasteiger partial charge on any atom is 0.295 e. The fraction of sp³-hybridized carbons (Fsp3) is 0.111. The van der Waals surface area contributed by atoms with Gasteiger partial charge in [0.1, 0.15) is 11.5 Å². The van der Waals surface area contributed by atoms with Crippen molar-refractivity contribution in [3.05, 3.63) is 45.2 Å². The highest BCUT2D eigenvalue weighted by Crippen LogP contribution is 2.30. The van der Waals surface area contributed by atoms with Crippen molar-refractivity contribution in [3.8, 4) is 0 Å². The average Bonchev–Trinajstić information content (AvgIpc) is 2.19. The number of nitro benzene ring substituents is 1. The standard InChI is InChI=1S/C9H8BrFN2O2/c1-2-3-12-8-4-6(10)7(11)5-9(8)13(14)15/h2,4-5,12H,1,3H2. The molecule has 0 spiro atoms. The van der Waals surface area contributed by atoms with Crippen LogP contribution in [-0.4, -0.2) is 11.5 Å². The molecule has 15 heavy (non-hydrogen) atoms. The molecule has 4 nitrogen and oxygen atoms in total. The van der Waals surface area contributed by atoms with Gasteiger partial charge in [-0.1, -0.05) is 6.08 Å². The summed E-state index contributed by atoms with van der Waals surface area (Å²) < 4.78 is 13.2. The smallest absolute Gasteiger partial charge is 0.295 e. The maximum absolute atomic E-state index is 13.0. The Morgan fingerprint density at radius 3 is 2.87 bits per heavy atom. The van der Waals surface area contributed by atoms with E-state index in [1.807, 2.05) is 0 Å². The Kier molecular flexibility index (Phi) is 3.79. The summed E-state index contributed by atoms with van der Waals surface area (Å²) >= 11 is 2.96. The lowest BCUT2D eigenvalue weighted by Gasteiger charge is -2.05. The van der Waals surface area contributed by atoms with Crippen LogP contribution in [0.4, 0.5) is 15.8 Å². The summed E-state index contributed by atoms with van der Waals surface area (Å²) in [5.74, 6) is -0.661. The zero-order chi connectivity index (χ0) is 11.4. The molecular weight excluding hydrogens is 267 g/mol. The molecule has 6 heteroatoms. The molecular formula is C9H8BrFN2O2. The van der Waals surface area contributed by atoms with Crippen molar-refractivity contribution in [2.75, 3.05) is 11.9 Å². The second kappa shape index (κ2) is 4.88. The van der Waals surface area contributed by atoms with Crippen molar-refractivity contribution < 1.29 is 9.31 Å². The van der Waals surface area contributed by atoms with Crippen molar-refractivity contribution in [2.24, 2.45) is 0 Å². The first kappa shape index (κ1) is 11.6. The van der Waals surface area contributed by atoms with Gasteiger partial charge in [0, 0.05) is 6.54 Å². The summed E-state index contributed by atoms with van der Waals surface area (Å²) in [5.41, 5.74) is -0.0364. The molecule has 0 amide bonds. The van der Waals surface area contributed by atoms with E-state index in [4.69, 9.17) is 0 Å². The highest BCUT2D eigenvalue weighted by Gasteiger charge is 2.16. The Bertz CT molecular complexity index is 409. The number of nitro groups is 1. The Balaban J connectivity index is 3.15. The van der Waals surface area contributed by atoms with E-state index in [-0.39, 0.29) is 15.8 Å². The molecule has 0 atom stereocenters. The second-order valence-electron chi connectivity index (χ2n) is 2.71. The molecule has 0 aromatic heterocycles. The van der Waals surface area contributed by atoms with Gasteiger partial charge in [-0.05, 0) is 22.0 Å². The minimum atomic E-state index is -0.661. The van der Waals surface area contributed by atoms with Crippen LogP contribution in [0.5, 0.6) is 0 Å². The molecule has 0 aliphatic carbocycles. The molecule has 0 fully saturated rings. The summed E-state index contributed by atoms with van der Waals surface area (Å²) in [5, 5.41) is 13.4. The topological polar surface area (TPSA) is 55.2 Å². The Hall–Kier alpha value is -1.43. The van der Waals surface area contributed by atoms with E-state index in [1.165, 1.54) is 6.07 Å². The summed E-state index contributed by atoms with van der Waals surface area (Å²) in [6.45, 7) is 3.85. The van der Waals surface area contributed by atoms with E-state index in [2.05, 4.69) is 27.8 Å². The molecule has 0 aliphatic rings. The van der Waals surface area contributed by atoms with Gasteiger partial charge in [-0.25, -0.2) is 4.39 Å². The monoisotopic (exact) mass is 274 g/mol. The van der Waals surface area contributed by atoms with Gasteiger partial charge in [-0.3, -0.25) is 10.1 Å². The first-order valence-corrected chi connectivity index (χ1v) is 4.83. The van der Waals surface area contributed by atoms with Gasteiger partial charge < -0.3 is 5.32 Å². The van der Waals surface area contributed by atoms with Crippen molar-refractivity contribution in [2.45, 2.75) is 0 Å². The Morgan fingerprint density at radius 2 is 2.33 bits per heavy atom. The van der Waals surface area contributed by atoms with Gasteiger partial charge in [0.15, 0.2) is 0 Å². The number of hydrogen-bond donors (Lipinski definition) is 1. The van der Waals surface area contributed by atoms with E-state index in [0.717, 1.165) is 6.07 Å². The second-order valence-corrected chi connectivity index (χ2v) is 3.56. The van der Waals surface area contributed by atoms with E-state index in [0.29, 0.717) is 6.54 Å². The third-order valence-electron chi connectivity index (χ3n) is 1.67. The lowest BCUT2D eigenvalue weighted by molar-refractivity contribution is -0.384. The Labute approximate surface area is 94.1 Å². The highest BCUT2D eigenvalue weighted by atomic mass is 79.9. The van der Waals surface area contributed by atoms with Gasteiger partial charge in [-0.15, -0.1) is 6.58 Å². The zero-order valence-corrected chi connectivity index (χ0v) is 9.25. The largest absolute Gasteiger partial charge is 0.376 e. The van der Waals surface area contributed by atoms with E-state index in [1.54, 1.807) is 6.08 Å². The molecule has 0 saturated carbocycles. The van der Waals surface area contributed by atoms with Gasteiger partial charge in [0.25, 0.3) is 5.69 Å². The Morgan fingerprint density at radius 1 is 1.67 bits per heavy atom. The number of anilines is 1. The third-order valence-corrected chi connectivity index (χ3v) is 2.28. The van der Waals surface area contributed by atoms with Crippen molar-refractivity contribution in [1.29, 1.82) is 0 Å². The van der Waals surface area contributed by atoms with E-state index < -0.39 is 10.7 Å². The molecule has 1 aromatic rings. The number of rotatable bonds is 4. The van der Waals surface area contributed by atoms with Crippen LogP contribution in [0, 0.1) is 15.9 Å². The fourth-order valence-electron chi connectivity index (χ4n) is 1.01. The molecule has 1 aromatic carbocycles. The normalized spacial score (nSPS) is 9.73. The highest BCUT2D eigenvalue weighted by molar-refractivity contribution is 9.10. The van der Waals surface area contributed by atoms with Crippen molar-refractivity contribution in [1.82, 2.24) is 0 Å². The molecule has 1 rings (SSSR count). The van der Waals surface area contributed by atoms with Crippen LogP contribution >= 0.6 is 15.9 Å². The van der Waals surface area contributed by atoms with Crippen molar-refractivity contribution in [3.63, 3.8) is 0 Å². The molecule has 0 radical (unpaired) electrons. The molecule has 1 N–H and O–H groups in total. The number of benzene rings is 1. The molecule has 80 valence electrons. The van der Waals surface area contributed by atoms with Gasteiger partial charge in [0.2, 0.25) is 0 Å². The third kappa shape index (κ3) is 2.76. The zero-order valence-electron chi connectivity index (χ0n) is 7.67. The predicted molar refractivity (Wildman–Crippen MR) is 59.4 cm³/mol. The quantitative estimate of drug-likeness (QED) is 0.522. The fourth-order valence-corrected chi connectivity index (χ4v) is 1.35. The van der Waals surface area contributed by atoms with Crippen LogP contribution in [0.2, 0.25) is 0 Å². The van der Waals surface area contributed by atoms with Crippen molar-refractivity contribution >= 4 is 27.3 Å². The maximum atomic E-state index is 13.0. The average molecular weight is 275 g/mol. The summed E-state index contributed by atoms with van der Waals surface area (Å²) in [4.78, 5) is 9.97. The van der Waals surface area contributed by atoms with Crippen LogP contribution in [0.25, 0.3) is 0 Å². The lowest BCUT2D eigenvalue weighted by atomic mass is 10.2. The lowest BCUT2D eigenvalue weighted by Crippen LogP contribution is -2.02. The molecule has 0 unspecified atom stereocenters. The van der Waals surface area contributed by atoms with Crippen LogP contribution in [0.3, 0.4) is 0 Å². The van der Waals surface area contributed by atoms with E-state index >= 15 is 0 Å². The summed E-state index contributed by atoms with van der Waals surface area (Å²) in [6, 6.07) is 2.20. The molecule has 0 saturated heterocycles. The number of nitrogens with one attached hydrogen (secondary N) is 1. The minimum Gasteiger partial charge on any atom is -0.376 e. The SMILES string of the molecule is C=CCNc1cc(Br)c(F)cc1[N+](=O)[O-]. The molecule has 0 aliphatic heterocycles. The number of hydrogen-bond acceptors (Lipinski definition) is 3. The molecule has 0 heterocycles. The van der Waals surface area contributed by atoms with Gasteiger partial charge in [-0.2, -0.15) is 0 Å².